The van der Waals surface area contributed by atoms with E-state index in [1.807, 2.05) is 0 Å². The van der Waals surface area contributed by atoms with Crippen molar-refractivity contribution in [2.75, 3.05) is 7.11 Å². The Morgan fingerprint density at radius 3 is 2.18 bits per heavy atom. The Balaban J connectivity index is 0.000000202. The molecule has 0 spiro atoms. The van der Waals surface area contributed by atoms with Gasteiger partial charge >= 0.3 is 0 Å². The van der Waals surface area contributed by atoms with Crippen LogP contribution in [0.2, 0.25) is 0 Å². The first-order chi connectivity index (χ1) is 8.27. The minimum Gasteiger partial charge on any atom is -0.504 e. The molecule has 1 heterocycles. The Bertz CT molecular complexity index is 403. The minimum absolute atomic E-state index is 0.0399. The van der Waals surface area contributed by atoms with Gasteiger partial charge in [0.2, 0.25) is 0 Å². The number of phenols is 1. The Morgan fingerprint density at radius 1 is 1.18 bits per heavy atom. The number of carbonyl (C=O) groups excluding carboxylic acids is 1. The molecule has 0 amide bonds. The SMILES string of the molecule is C1=COC=CO1.COc1cc(C=O)ccc1O. The first-order valence-electron chi connectivity index (χ1n) is 4.71. The summed E-state index contributed by atoms with van der Waals surface area (Å²) in [6, 6.07) is 4.41. The molecule has 1 aliphatic rings. The smallest absolute Gasteiger partial charge is 0.161 e. The summed E-state index contributed by atoms with van der Waals surface area (Å²) in [7, 11) is 1.43. The van der Waals surface area contributed by atoms with Crippen LogP contribution in [-0.4, -0.2) is 18.5 Å². The predicted molar refractivity (Wildman–Crippen MR) is 60.5 cm³/mol. The van der Waals surface area contributed by atoms with Crippen LogP contribution in [0.15, 0.2) is 43.2 Å². The molecule has 5 nitrogen and oxygen atoms in total. The molecule has 0 aromatic heterocycles. The average molecular weight is 236 g/mol. The molecule has 0 bridgehead atoms. The molecule has 0 fully saturated rings. The maximum atomic E-state index is 10.2. The van der Waals surface area contributed by atoms with E-state index in [2.05, 4.69) is 9.47 Å². The first kappa shape index (κ1) is 12.6. The first-order valence-corrected chi connectivity index (χ1v) is 4.71. The zero-order chi connectivity index (χ0) is 12.5. The second-order valence-corrected chi connectivity index (χ2v) is 2.87. The zero-order valence-corrected chi connectivity index (χ0v) is 9.20. The highest BCUT2D eigenvalue weighted by Gasteiger charge is 2.00. The number of rotatable bonds is 2. The standard InChI is InChI=1S/C8H8O3.C4H4O2/c1-11-8-4-6(5-9)2-3-7(8)10;1-2-6-4-3-5-1/h2-5,10H,1H3;1-4H. The van der Waals surface area contributed by atoms with Crippen molar-refractivity contribution < 1.29 is 24.1 Å². The molecule has 1 aromatic carbocycles. The second kappa shape index (κ2) is 6.95. The monoisotopic (exact) mass is 236 g/mol. The van der Waals surface area contributed by atoms with Gasteiger partial charge in [0.05, 0.1) is 7.11 Å². The van der Waals surface area contributed by atoms with Gasteiger partial charge in [0.15, 0.2) is 11.5 Å². The number of carbonyl (C=O) groups is 1. The third-order valence-corrected chi connectivity index (χ3v) is 1.77. The van der Waals surface area contributed by atoms with Crippen LogP contribution in [0.3, 0.4) is 0 Å². The lowest BCUT2D eigenvalue weighted by molar-refractivity contribution is 0.112. The number of hydrogen-bond donors (Lipinski definition) is 1. The summed E-state index contributed by atoms with van der Waals surface area (Å²) in [6.07, 6.45) is 6.53. The van der Waals surface area contributed by atoms with E-state index < -0.39 is 0 Å². The second-order valence-electron chi connectivity index (χ2n) is 2.87. The van der Waals surface area contributed by atoms with E-state index >= 15 is 0 Å². The van der Waals surface area contributed by atoms with Crippen LogP contribution in [0.1, 0.15) is 10.4 Å². The Morgan fingerprint density at radius 2 is 1.76 bits per heavy atom. The third kappa shape index (κ3) is 4.29. The number of aldehydes is 1. The number of hydrogen-bond acceptors (Lipinski definition) is 5. The number of ether oxygens (including phenoxy) is 3. The van der Waals surface area contributed by atoms with Crippen LogP contribution < -0.4 is 4.74 Å². The molecule has 1 aliphatic heterocycles. The van der Waals surface area contributed by atoms with Crippen molar-refractivity contribution >= 4 is 6.29 Å². The molecule has 0 unspecified atom stereocenters. The van der Waals surface area contributed by atoms with E-state index in [0.29, 0.717) is 17.6 Å². The fourth-order valence-corrected chi connectivity index (χ4v) is 0.987. The minimum atomic E-state index is 0.0399. The van der Waals surface area contributed by atoms with E-state index in [4.69, 9.17) is 9.84 Å². The molecule has 0 radical (unpaired) electrons. The third-order valence-electron chi connectivity index (χ3n) is 1.77. The largest absolute Gasteiger partial charge is 0.504 e. The van der Waals surface area contributed by atoms with E-state index in [0.717, 1.165) is 0 Å². The summed E-state index contributed by atoms with van der Waals surface area (Å²) >= 11 is 0. The Kier molecular flexibility index (Phi) is 5.16. The molecular weight excluding hydrogens is 224 g/mol. The van der Waals surface area contributed by atoms with Gasteiger partial charge in [-0.3, -0.25) is 4.79 Å². The van der Waals surface area contributed by atoms with Gasteiger partial charge in [0.1, 0.15) is 31.3 Å². The van der Waals surface area contributed by atoms with Crippen LogP contribution in [0.4, 0.5) is 0 Å². The molecule has 0 atom stereocenters. The van der Waals surface area contributed by atoms with Gasteiger partial charge in [-0.15, -0.1) is 0 Å². The van der Waals surface area contributed by atoms with E-state index in [1.54, 1.807) is 0 Å². The van der Waals surface area contributed by atoms with Crippen LogP contribution in [0.25, 0.3) is 0 Å². The van der Waals surface area contributed by atoms with Crippen molar-refractivity contribution in [1.29, 1.82) is 0 Å². The maximum Gasteiger partial charge on any atom is 0.161 e. The van der Waals surface area contributed by atoms with E-state index in [1.165, 1.54) is 50.4 Å². The quantitative estimate of drug-likeness (QED) is 0.797. The number of aromatic hydroxyl groups is 1. The molecule has 5 heteroatoms. The van der Waals surface area contributed by atoms with Gasteiger partial charge in [-0.1, -0.05) is 0 Å². The lowest BCUT2D eigenvalue weighted by atomic mass is 10.2. The molecule has 90 valence electrons. The lowest BCUT2D eigenvalue weighted by Crippen LogP contribution is -1.85. The summed E-state index contributed by atoms with van der Waals surface area (Å²) in [6.45, 7) is 0. The van der Waals surface area contributed by atoms with Crippen LogP contribution in [-0.2, 0) is 9.47 Å². The normalized spacial score (nSPS) is 11.6. The summed E-state index contributed by atoms with van der Waals surface area (Å²) in [5.74, 6) is 0.354. The van der Waals surface area contributed by atoms with Crippen molar-refractivity contribution in [3.8, 4) is 11.5 Å². The molecule has 1 aromatic rings. The number of phenolic OH excluding ortho intramolecular Hbond substituents is 1. The highest BCUT2D eigenvalue weighted by molar-refractivity contribution is 5.76. The van der Waals surface area contributed by atoms with Crippen molar-refractivity contribution in [2.45, 2.75) is 0 Å². The van der Waals surface area contributed by atoms with Crippen LogP contribution >= 0.6 is 0 Å². The fraction of sp³-hybridized carbons (Fsp3) is 0.0833. The van der Waals surface area contributed by atoms with Crippen LogP contribution in [0.5, 0.6) is 11.5 Å². The Hall–Kier alpha value is -2.43. The zero-order valence-electron chi connectivity index (χ0n) is 9.20. The van der Waals surface area contributed by atoms with Gasteiger partial charge < -0.3 is 19.3 Å². The topological polar surface area (TPSA) is 65.0 Å². The van der Waals surface area contributed by atoms with Gasteiger partial charge in [-0.05, 0) is 18.2 Å². The van der Waals surface area contributed by atoms with Crippen molar-refractivity contribution in [1.82, 2.24) is 0 Å². The van der Waals surface area contributed by atoms with Crippen molar-refractivity contribution in [2.24, 2.45) is 0 Å². The molecule has 2 rings (SSSR count). The van der Waals surface area contributed by atoms with E-state index in [9.17, 15) is 4.79 Å². The summed E-state index contributed by atoms with van der Waals surface area (Å²) in [5, 5.41) is 9.09. The van der Waals surface area contributed by atoms with Crippen molar-refractivity contribution in [3.63, 3.8) is 0 Å². The highest BCUT2D eigenvalue weighted by atomic mass is 16.5. The summed E-state index contributed by atoms with van der Waals surface area (Å²) in [4.78, 5) is 10.2. The number of benzene rings is 1. The summed E-state index contributed by atoms with van der Waals surface area (Å²) < 4.78 is 13.9. The van der Waals surface area contributed by atoms with Gasteiger partial charge in [0, 0.05) is 5.56 Å². The molecule has 1 N–H and O–H groups in total. The van der Waals surface area contributed by atoms with Gasteiger partial charge in [-0.2, -0.15) is 0 Å². The van der Waals surface area contributed by atoms with Crippen LogP contribution in [0, 0.1) is 0 Å². The molecule has 0 aliphatic carbocycles. The molecular formula is C12H12O5. The predicted octanol–water partition coefficient (Wildman–Crippen LogP) is 2.19. The fourth-order valence-electron chi connectivity index (χ4n) is 0.987. The highest BCUT2D eigenvalue weighted by Crippen LogP contribution is 2.25. The maximum absolute atomic E-state index is 10.2. The average Bonchev–Trinajstić information content (AvgIpc) is 2.42. The lowest BCUT2D eigenvalue weighted by Gasteiger charge is -2.01. The molecule has 0 saturated heterocycles. The van der Waals surface area contributed by atoms with Crippen molar-refractivity contribution in [3.05, 3.63) is 48.8 Å². The number of methoxy groups -OCH3 is 1. The summed E-state index contributed by atoms with van der Waals surface area (Å²) in [5.41, 5.74) is 0.486. The van der Waals surface area contributed by atoms with E-state index in [-0.39, 0.29) is 5.75 Å². The Labute approximate surface area is 98.5 Å². The van der Waals surface area contributed by atoms with Gasteiger partial charge in [0.25, 0.3) is 0 Å². The molecule has 17 heavy (non-hydrogen) atoms. The molecule has 0 saturated carbocycles. The van der Waals surface area contributed by atoms with Gasteiger partial charge in [-0.25, -0.2) is 0 Å².